The number of likely N-dealkylation sites (tertiary alicyclic amines) is 1. The summed E-state index contributed by atoms with van der Waals surface area (Å²) in [5.41, 5.74) is -1.53. The summed E-state index contributed by atoms with van der Waals surface area (Å²) in [7, 11) is 0. The lowest BCUT2D eigenvalue weighted by atomic mass is 10.1. The van der Waals surface area contributed by atoms with E-state index in [2.05, 4.69) is 5.32 Å². The van der Waals surface area contributed by atoms with Gasteiger partial charge in [-0.3, -0.25) is 9.69 Å². The number of fused-ring (bicyclic) bond motifs is 1. The van der Waals surface area contributed by atoms with Crippen LogP contribution in [0.3, 0.4) is 0 Å². The van der Waals surface area contributed by atoms with Crippen molar-refractivity contribution in [1.29, 1.82) is 0 Å². The Labute approximate surface area is 152 Å². The molecule has 1 N–H and O–H groups in total. The van der Waals surface area contributed by atoms with E-state index in [1.807, 2.05) is 26.8 Å². The molecule has 5 nitrogen and oxygen atoms in total. The highest BCUT2D eigenvalue weighted by atomic mass is 19.1. The number of nitrogens with one attached hydrogen (secondary N) is 1. The van der Waals surface area contributed by atoms with Crippen LogP contribution in [0.25, 0.3) is 0 Å². The smallest absolute Gasteiger partial charge is 0.411 e. The second-order valence-corrected chi connectivity index (χ2v) is 8.70. The van der Waals surface area contributed by atoms with Crippen LogP contribution in [-0.4, -0.2) is 40.6 Å². The molecule has 0 radical (unpaired) electrons. The highest BCUT2D eigenvalue weighted by Crippen LogP contribution is 2.51. The van der Waals surface area contributed by atoms with Gasteiger partial charge in [-0.2, -0.15) is 0 Å². The fourth-order valence-electron chi connectivity index (χ4n) is 3.97. The number of ether oxygens (including phenoxy) is 1. The molecule has 3 aliphatic rings. The van der Waals surface area contributed by atoms with E-state index in [1.54, 1.807) is 29.2 Å². The van der Waals surface area contributed by atoms with Crippen LogP contribution in [0, 0.1) is 5.92 Å². The van der Waals surface area contributed by atoms with E-state index in [4.69, 9.17) is 4.74 Å². The molecule has 2 aliphatic carbocycles. The van der Waals surface area contributed by atoms with Crippen LogP contribution >= 0.6 is 0 Å². The van der Waals surface area contributed by atoms with E-state index < -0.39 is 29.4 Å². The highest BCUT2D eigenvalue weighted by Gasteiger charge is 2.61. The molecule has 3 fully saturated rings. The van der Waals surface area contributed by atoms with E-state index in [9.17, 15) is 14.0 Å². The van der Waals surface area contributed by atoms with Crippen LogP contribution in [0.5, 0.6) is 0 Å². The average Bonchev–Trinajstić information content (AvgIpc) is 3.43. The Kier molecular flexibility index (Phi) is 3.79. The van der Waals surface area contributed by atoms with Crippen molar-refractivity contribution in [1.82, 2.24) is 10.2 Å². The number of halogens is 1. The molecule has 5 atom stereocenters. The lowest BCUT2D eigenvalue weighted by Crippen LogP contribution is -2.50. The number of hydrogen-bond acceptors (Lipinski definition) is 3. The Balaban J connectivity index is 1.41. The van der Waals surface area contributed by atoms with Crippen molar-refractivity contribution in [3.8, 4) is 0 Å². The summed E-state index contributed by atoms with van der Waals surface area (Å²) in [6.45, 7) is 5.42. The quantitative estimate of drug-likeness (QED) is 0.901. The van der Waals surface area contributed by atoms with E-state index in [1.165, 1.54) is 0 Å². The minimum absolute atomic E-state index is 0.0871. The third-order valence-corrected chi connectivity index (χ3v) is 5.47. The van der Waals surface area contributed by atoms with Crippen molar-refractivity contribution in [2.75, 3.05) is 0 Å². The Morgan fingerprint density at radius 1 is 1.23 bits per heavy atom. The van der Waals surface area contributed by atoms with Crippen molar-refractivity contribution in [3.63, 3.8) is 0 Å². The van der Waals surface area contributed by atoms with Gasteiger partial charge in [0.05, 0.1) is 6.04 Å². The van der Waals surface area contributed by atoms with Gasteiger partial charge >= 0.3 is 6.09 Å². The monoisotopic (exact) mass is 360 g/mol. The van der Waals surface area contributed by atoms with Crippen LogP contribution in [0.4, 0.5) is 9.18 Å². The van der Waals surface area contributed by atoms with Crippen molar-refractivity contribution in [3.05, 3.63) is 35.9 Å². The number of rotatable bonds is 3. The maximum atomic E-state index is 15.0. The number of alkyl halides is 1. The first-order valence-electron chi connectivity index (χ1n) is 9.25. The summed E-state index contributed by atoms with van der Waals surface area (Å²) in [5, 5.41) is 2.81. The van der Waals surface area contributed by atoms with Crippen LogP contribution in [-0.2, 0) is 15.2 Å². The molecule has 2 saturated carbocycles. The van der Waals surface area contributed by atoms with E-state index in [-0.39, 0.29) is 18.4 Å². The maximum Gasteiger partial charge on any atom is 0.411 e. The second-order valence-electron chi connectivity index (χ2n) is 8.70. The van der Waals surface area contributed by atoms with Gasteiger partial charge in [0.1, 0.15) is 11.6 Å². The molecule has 1 aliphatic heterocycles. The Bertz CT molecular complexity index is 732. The molecular formula is C20H25FN2O3. The summed E-state index contributed by atoms with van der Waals surface area (Å²) in [4.78, 5) is 26.8. The number of carbonyl (C=O) groups excluding carboxylic acids is 2. The molecule has 6 heteroatoms. The lowest BCUT2D eigenvalue weighted by Gasteiger charge is -2.30. The molecule has 1 saturated heterocycles. The summed E-state index contributed by atoms with van der Waals surface area (Å²) >= 11 is 0. The molecule has 2 amide bonds. The zero-order valence-corrected chi connectivity index (χ0v) is 15.4. The summed E-state index contributed by atoms with van der Waals surface area (Å²) in [5.74, 6) is 0.0882. The first-order valence-corrected chi connectivity index (χ1v) is 9.25. The fourth-order valence-corrected chi connectivity index (χ4v) is 3.97. The summed E-state index contributed by atoms with van der Waals surface area (Å²) in [6, 6.07) is 7.90. The van der Waals surface area contributed by atoms with Gasteiger partial charge in [-0.1, -0.05) is 30.3 Å². The van der Waals surface area contributed by atoms with Crippen molar-refractivity contribution < 1.29 is 18.7 Å². The minimum atomic E-state index is -1.50. The van der Waals surface area contributed by atoms with Crippen molar-refractivity contribution in [2.24, 2.45) is 5.92 Å². The van der Waals surface area contributed by atoms with Gasteiger partial charge in [0.2, 0.25) is 5.91 Å². The van der Waals surface area contributed by atoms with Crippen LogP contribution < -0.4 is 5.32 Å². The summed E-state index contributed by atoms with van der Waals surface area (Å²) < 4.78 is 20.5. The third kappa shape index (κ3) is 3.06. The van der Waals surface area contributed by atoms with Crippen LogP contribution in [0.15, 0.2) is 30.3 Å². The number of hydrogen-bond donors (Lipinski definition) is 1. The molecule has 1 heterocycles. The Morgan fingerprint density at radius 2 is 1.92 bits per heavy atom. The predicted octanol–water partition coefficient (Wildman–Crippen LogP) is 3.14. The van der Waals surface area contributed by atoms with Crippen molar-refractivity contribution in [2.45, 2.75) is 69.4 Å². The number of piperidine rings is 1. The van der Waals surface area contributed by atoms with Gasteiger partial charge in [0.15, 0.2) is 5.67 Å². The Morgan fingerprint density at radius 3 is 2.58 bits per heavy atom. The topological polar surface area (TPSA) is 58.6 Å². The van der Waals surface area contributed by atoms with Gasteiger partial charge in [-0.05, 0) is 45.1 Å². The first kappa shape index (κ1) is 17.3. The maximum absolute atomic E-state index is 15.0. The fraction of sp³-hybridized carbons (Fsp3) is 0.600. The van der Waals surface area contributed by atoms with Gasteiger partial charge in [0.25, 0.3) is 0 Å². The van der Waals surface area contributed by atoms with E-state index in [0.717, 1.165) is 6.42 Å². The summed E-state index contributed by atoms with van der Waals surface area (Å²) in [6.07, 6.45) is 1.37. The van der Waals surface area contributed by atoms with E-state index in [0.29, 0.717) is 17.9 Å². The van der Waals surface area contributed by atoms with Crippen molar-refractivity contribution >= 4 is 12.0 Å². The molecule has 1 aromatic carbocycles. The second kappa shape index (κ2) is 5.69. The average molecular weight is 360 g/mol. The molecule has 0 aromatic heterocycles. The van der Waals surface area contributed by atoms with Gasteiger partial charge in [-0.15, -0.1) is 0 Å². The molecule has 26 heavy (non-hydrogen) atoms. The molecule has 0 spiro atoms. The highest BCUT2D eigenvalue weighted by molar-refractivity contribution is 5.87. The van der Waals surface area contributed by atoms with Crippen LogP contribution in [0.1, 0.15) is 45.6 Å². The first-order chi connectivity index (χ1) is 12.2. The van der Waals surface area contributed by atoms with Gasteiger partial charge in [0, 0.05) is 12.5 Å². The minimum Gasteiger partial charge on any atom is -0.444 e. The number of amides is 2. The van der Waals surface area contributed by atoms with Gasteiger partial charge < -0.3 is 10.1 Å². The SMILES string of the molecule is CC(C)(C)OC(=O)N1[C@@H]2C[C@@H]2C[C@H]1C(=O)N[C@@H]1C[C@@]1(F)c1ccccc1. The van der Waals surface area contributed by atoms with Crippen LogP contribution in [0.2, 0.25) is 0 Å². The van der Waals surface area contributed by atoms with Gasteiger partial charge in [-0.25, -0.2) is 9.18 Å². The molecule has 1 aromatic rings. The number of benzene rings is 1. The van der Waals surface area contributed by atoms with E-state index >= 15 is 0 Å². The lowest BCUT2D eigenvalue weighted by molar-refractivity contribution is -0.126. The zero-order chi connectivity index (χ0) is 18.7. The number of carbonyl (C=O) groups is 2. The largest absolute Gasteiger partial charge is 0.444 e. The zero-order valence-electron chi connectivity index (χ0n) is 15.4. The normalized spacial score (nSPS) is 34.8. The third-order valence-electron chi connectivity index (χ3n) is 5.47. The number of nitrogens with zero attached hydrogens (tertiary/aromatic N) is 1. The molecule has 0 unspecified atom stereocenters. The molecule has 0 bridgehead atoms. The molecule has 140 valence electrons. The Hall–Kier alpha value is -2.11. The molecule has 4 rings (SSSR count). The standard InChI is InChI=1S/C20H25FN2O3/c1-19(2,3)26-18(25)23-14-9-12(14)10-15(23)17(24)22-16-11-20(16,21)13-7-5-4-6-8-13/h4-8,12,14-16H,9-11H2,1-3H3,(H,22,24)/t12-,14-,15+,16-,20-/m1/s1. The predicted molar refractivity (Wildman–Crippen MR) is 94.1 cm³/mol. The molecular weight excluding hydrogens is 335 g/mol.